The largest absolute Gasteiger partial charge is 0.461 e. The first-order chi connectivity index (χ1) is 10.3. The number of carbonyl (C=O) groups is 1. The molecule has 1 heterocycles. The van der Waals surface area contributed by atoms with Gasteiger partial charge in [0, 0.05) is 6.07 Å². The second-order valence-corrected chi connectivity index (χ2v) is 6.34. The lowest BCUT2D eigenvalue weighted by molar-refractivity contribution is 0.0519. The number of anilines is 1. The molecule has 0 atom stereocenters. The molecule has 0 radical (unpaired) electrons. The first-order valence-electron chi connectivity index (χ1n) is 6.66. The maximum atomic E-state index is 12.3. The van der Waals surface area contributed by atoms with Crippen LogP contribution in [0.5, 0.6) is 0 Å². The van der Waals surface area contributed by atoms with Crippen molar-refractivity contribution in [2.45, 2.75) is 25.8 Å². The molecule has 0 aliphatic carbocycles. The summed E-state index contributed by atoms with van der Waals surface area (Å²) in [7, 11) is -3.86. The maximum Gasteiger partial charge on any atom is 0.358 e. The van der Waals surface area contributed by atoms with Crippen LogP contribution < -0.4 is 4.72 Å². The number of rotatable bonds is 5. The monoisotopic (exact) mass is 323 g/mol. The third-order valence-corrected chi connectivity index (χ3v) is 4.45. The first-order valence-corrected chi connectivity index (χ1v) is 8.15. The molecule has 0 amide bonds. The number of hydrogen-bond donors (Lipinski definition) is 2. The lowest BCUT2D eigenvalue weighted by Gasteiger charge is -2.10. The van der Waals surface area contributed by atoms with E-state index in [1.54, 1.807) is 19.1 Å². The van der Waals surface area contributed by atoms with Crippen molar-refractivity contribution in [3.63, 3.8) is 0 Å². The topological polar surface area (TPSA) is 101 Å². The van der Waals surface area contributed by atoms with Crippen LogP contribution >= 0.6 is 0 Å². The number of esters is 1. The highest BCUT2D eigenvalue weighted by atomic mass is 32.2. The van der Waals surface area contributed by atoms with Crippen LogP contribution in [-0.2, 0) is 14.8 Å². The lowest BCUT2D eigenvalue weighted by Crippen LogP contribution is -2.14. The number of aromatic amines is 1. The summed E-state index contributed by atoms with van der Waals surface area (Å²) in [6.45, 7) is 5.56. The highest BCUT2D eigenvalue weighted by Gasteiger charge is 2.21. The quantitative estimate of drug-likeness (QED) is 0.820. The van der Waals surface area contributed by atoms with Crippen LogP contribution in [0.3, 0.4) is 0 Å². The van der Waals surface area contributed by atoms with Gasteiger partial charge in [-0.25, -0.2) is 4.79 Å². The van der Waals surface area contributed by atoms with Gasteiger partial charge in [-0.15, -0.1) is 0 Å². The van der Waals surface area contributed by atoms with E-state index in [0.29, 0.717) is 5.69 Å². The predicted molar refractivity (Wildman–Crippen MR) is 81.3 cm³/mol. The van der Waals surface area contributed by atoms with E-state index in [2.05, 4.69) is 14.9 Å². The van der Waals surface area contributed by atoms with E-state index in [1.807, 2.05) is 19.9 Å². The fraction of sp³-hybridized carbons (Fsp3) is 0.286. The number of aryl methyl sites for hydroxylation is 1. The van der Waals surface area contributed by atoms with E-state index >= 15 is 0 Å². The molecule has 0 bridgehead atoms. The van der Waals surface area contributed by atoms with Crippen LogP contribution in [0.4, 0.5) is 5.69 Å². The summed E-state index contributed by atoms with van der Waals surface area (Å²) < 4.78 is 31.9. The molecule has 0 saturated heterocycles. The normalized spacial score (nSPS) is 11.2. The third-order valence-electron chi connectivity index (χ3n) is 3.18. The van der Waals surface area contributed by atoms with Gasteiger partial charge in [-0.05, 0) is 38.0 Å². The van der Waals surface area contributed by atoms with Gasteiger partial charge in [0.05, 0.1) is 12.3 Å². The summed E-state index contributed by atoms with van der Waals surface area (Å²) in [5, 5.41) is 5.80. The molecule has 0 saturated carbocycles. The second-order valence-electron chi connectivity index (χ2n) is 4.69. The van der Waals surface area contributed by atoms with Crippen LogP contribution in [0.15, 0.2) is 29.3 Å². The third kappa shape index (κ3) is 3.28. The molecule has 1 aromatic heterocycles. The molecule has 1 aromatic carbocycles. The lowest BCUT2D eigenvalue weighted by atomic mass is 10.1. The highest BCUT2D eigenvalue weighted by molar-refractivity contribution is 7.92. The summed E-state index contributed by atoms with van der Waals surface area (Å²) in [6, 6.07) is 6.47. The maximum absolute atomic E-state index is 12.3. The molecule has 0 fully saturated rings. The van der Waals surface area contributed by atoms with Crippen LogP contribution in [0.1, 0.15) is 28.5 Å². The van der Waals surface area contributed by atoms with Crippen molar-refractivity contribution in [2.24, 2.45) is 0 Å². The van der Waals surface area contributed by atoms with Gasteiger partial charge in [0.1, 0.15) is 0 Å². The minimum Gasteiger partial charge on any atom is -0.461 e. The molecular formula is C14H17N3O4S. The van der Waals surface area contributed by atoms with E-state index in [-0.39, 0.29) is 17.3 Å². The number of benzene rings is 1. The first kappa shape index (κ1) is 16.0. The Hall–Kier alpha value is -2.35. The summed E-state index contributed by atoms with van der Waals surface area (Å²) in [5.74, 6) is -0.674. The van der Waals surface area contributed by atoms with Crippen molar-refractivity contribution in [1.82, 2.24) is 10.2 Å². The molecule has 0 aliphatic rings. The van der Waals surface area contributed by atoms with E-state index in [1.165, 1.54) is 0 Å². The molecule has 118 valence electrons. The highest BCUT2D eigenvalue weighted by Crippen LogP contribution is 2.21. The molecular weight excluding hydrogens is 306 g/mol. The molecule has 0 unspecified atom stereocenters. The summed E-state index contributed by atoms with van der Waals surface area (Å²) >= 11 is 0. The Balaban J connectivity index is 2.28. The van der Waals surface area contributed by atoms with Gasteiger partial charge in [0.2, 0.25) is 0 Å². The fourth-order valence-electron chi connectivity index (χ4n) is 1.81. The standard InChI is InChI=1S/C14H17N3O4S/c1-4-21-14(18)12-8-13(16-15-12)22(19,20)17-11-7-5-6-9(2)10(11)3/h5-8,17H,4H2,1-3H3,(H,15,16). The number of H-pyrrole nitrogens is 1. The molecule has 0 spiro atoms. The Morgan fingerprint density at radius 1 is 1.36 bits per heavy atom. The molecule has 0 aliphatic heterocycles. The van der Waals surface area contributed by atoms with Gasteiger partial charge in [-0.1, -0.05) is 12.1 Å². The number of sulfonamides is 1. The van der Waals surface area contributed by atoms with Crippen molar-refractivity contribution in [1.29, 1.82) is 0 Å². The van der Waals surface area contributed by atoms with Gasteiger partial charge in [0.15, 0.2) is 10.7 Å². The molecule has 2 rings (SSSR count). The minimum absolute atomic E-state index is 0.0804. The molecule has 7 nitrogen and oxygen atoms in total. The number of carbonyl (C=O) groups excluding carboxylic acids is 1. The Morgan fingerprint density at radius 3 is 2.77 bits per heavy atom. The second kappa shape index (κ2) is 6.18. The van der Waals surface area contributed by atoms with Crippen LogP contribution in [0, 0.1) is 13.8 Å². The zero-order valence-electron chi connectivity index (χ0n) is 12.5. The van der Waals surface area contributed by atoms with Gasteiger partial charge in [-0.3, -0.25) is 9.82 Å². The van der Waals surface area contributed by atoms with Crippen molar-refractivity contribution in [2.75, 3.05) is 11.3 Å². The Morgan fingerprint density at radius 2 is 2.09 bits per heavy atom. The number of ether oxygens (including phenoxy) is 1. The molecule has 8 heteroatoms. The van der Waals surface area contributed by atoms with E-state index in [9.17, 15) is 13.2 Å². The number of nitrogens with one attached hydrogen (secondary N) is 2. The number of aromatic nitrogens is 2. The van der Waals surface area contributed by atoms with E-state index < -0.39 is 16.0 Å². The average molecular weight is 323 g/mol. The zero-order valence-corrected chi connectivity index (χ0v) is 13.3. The summed E-state index contributed by atoms with van der Waals surface area (Å²) in [6.07, 6.45) is 0. The average Bonchev–Trinajstić information content (AvgIpc) is 2.95. The van der Waals surface area contributed by atoms with Crippen LogP contribution in [0.25, 0.3) is 0 Å². The smallest absolute Gasteiger partial charge is 0.358 e. The van der Waals surface area contributed by atoms with Gasteiger partial charge in [-0.2, -0.15) is 13.5 Å². The van der Waals surface area contributed by atoms with Gasteiger partial charge >= 0.3 is 5.97 Å². The van der Waals surface area contributed by atoms with Crippen molar-refractivity contribution < 1.29 is 17.9 Å². The van der Waals surface area contributed by atoms with Gasteiger partial charge < -0.3 is 4.74 Å². The summed E-state index contributed by atoms with van der Waals surface area (Å²) in [5.41, 5.74) is 2.20. The Kier molecular flexibility index (Phi) is 4.51. The Labute approximate surface area is 128 Å². The molecule has 2 aromatic rings. The Bertz CT molecular complexity index is 796. The fourth-order valence-corrected chi connectivity index (χ4v) is 2.87. The summed E-state index contributed by atoms with van der Waals surface area (Å²) in [4.78, 5) is 11.5. The number of nitrogens with zero attached hydrogens (tertiary/aromatic N) is 1. The minimum atomic E-state index is -3.86. The zero-order chi connectivity index (χ0) is 16.3. The molecule has 2 N–H and O–H groups in total. The van der Waals surface area contributed by atoms with E-state index in [4.69, 9.17) is 4.74 Å². The van der Waals surface area contributed by atoms with E-state index in [0.717, 1.165) is 17.2 Å². The SMILES string of the molecule is CCOC(=O)c1cc(S(=O)(=O)Nc2cccc(C)c2C)[nH]n1. The van der Waals surface area contributed by atoms with Crippen molar-refractivity contribution >= 4 is 21.7 Å². The van der Waals surface area contributed by atoms with Gasteiger partial charge in [0.25, 0.3) is 10.0 Å². The number of hydrogen-bond acceptors (Lipinski definition) is 5. The van der Waals surface area contributed by atoms with Crippen LogP contribution in [-0.4, -0.2) is 31.2 Å². The predicted octanol–water partition coefficient (Wildman–Crippen LogP) is 2.00. The van der Waals surface area contributed by atoms with Crippen molar-refractivity contribution in [3.05, 3.63) is 41.1 Å². The van der Waals surface area contributed by atoms with Crippen LogP contribution in [0.2, 0.25) is 0 Å². The van der Waals surface area contributed by atoms with Crippen molar-refractivity contribution in [3.8, 4) is 0 Å². The molecule has 22 heavy (non-hydrogen) atoms.